The third-order valence-electron chi connectivity index (χ3n) is 4.06. The van der Waals surface area contributed by atoms with Crippen molar-refractivity contribution in [3.8, 4) is 0 Å². The lowest BCUT2D eigenvalue weighted by Gasteiger charge is -2.18. The van der Waals surface area contributed by atoms with Crippen LogP contribution in [0.4, 0.5) is 0 Å². The molecule has 0 N–H and O–H groups in total. The maximum absolute atomic E-state index is 11.0. The Morgan fingerprint density at radius 2 is 1.24 bits per heavy atom. The minimum absolute atomic E-state index is 0.205. The number of halogens is 2. The van der Waals surface area contributed by atoms with Crippen LogP contribution in [0.25, 0.3) is 0 Å². The van der Waals surface area contributed by atoms with Gasteiger partial charge >= 0.3 is 0 Å². The highest BCUT2D eigenvalue weighted by Crippen LogP contribution is 2.23. The van der Waals surface area contributed by atoms with E-state index in [4.69, 9.17) is 23.2 Å². The number of hydrogen-bond acceptors (Lipinski definition) is 2. The first-order valence-corrected chi connectivity index (χ1v) is 9.05. The van der Waals surface area contributed by atoms with Gasteiger partial charge in [0, 0.05) is 12.8 Å². The highest BCUT2D eigenvalue weighted by molar-refractivity contribution is 6.63. The summed E-state index contributed by atoms with van der Waals surface area (Å²) in [5.74, 6) is 0.959. The van der Waals surface area contributed by atoms with E-state index < -0.39 is 0 Å². The fourth-order valence-electron chi connectivity index (χ4n) is 2.61. The van der Waals surface area contributed by atoms with Crippen LogP contribution in [-0.2, 0) is 9.59 Å². The van der Waals surface area contributed by atoms with Crippen LogP contribution in [0.15, 0.2) is 0 Å². The number of carbonyl (C=O) groups excluding carboxylic acids is 2. The summed E-state index contributed by atoms with van der Waals surface area (Å²) in [4.78, 5) is 21.6. The zero-order valence-electron chi connectivity index (χ0n) is 13.5. The van der Waals surface area contributed by atoms with Crippen LogP contribution in [0.3, 0.4) is 0 Å². The topological polar surface area (TPSA) is 34.1 Å². The molecule has 0 radical (unpaired) electrons. The van der Waals surface area contributed by atoms with E-state index in [1.807, 2.05) is 0 Å². The first-order valence-electron chi connectivity index (χ1n) is 8.30. The molecule has 0 fully saturated rings. The lowest BCUT2D eigenvalue weighted by atomic mass is 9.88. The van der Waals surface area contributed by atoms with Gasteiger partial charge in [-0.1, -0.05) is 58.8 Å². The lowest BCUT2D eigenvalue weighted by molar-refractivity contribution is -0.113. The molecule has 0 aliphatic rings. The summed E-state index contributed by atoms with van der Waals surface area (Å²) >= 11 is 10.8. The van der Waals surface area contributed by atoms with Crippen molar-refractivity contribution in [2.45, 2.75) is 84.5 Å². The molecule has 4 heteroatoms. The second-order valence-corrected chi connectivity index (χ2v) is 7.13. The van der Waals surface area contributed by atoms with Gasteiger partial charge in [-0.3, -0.25) is 9.59 Å². The van der Waals surface area contributed by atoms with E-state index in [0.717, 1.165) is 19.3 Å². The normalized spacial score (nSPS) is 12.6. The number of unbranched alkanes of at least 4 members (excludes halogenated alkanes) is 7. The van der Waals surface area contributed by atoms with Crippen LogP contribution in [0.1, 0.15) is 84.5 Å². The fraction of sp³-hybridized carbons (Fsp3) is 0.882. The molecular formula is C17H30Cl2O2. The Hall–Kier alpha value is -0.0800. The largest absolute Gasteiger partial charge is 0.281 e. The Morgan fingerprint density at radius 1 is 0.762 bits per heavy atom. The summed E-state index contributed by atoms with van der Waals surface area (Å²) in [6.07, 6.45) is 11.5. The summed E-state index contributed by atoms with van der Waals surface area (Å²) in [6.45, 7) is 4.33. The summed E-state index contributed by atoms with van der Waals surface area (Å²) in [5, 5.41) is -0.422. The van der Waals surface area contributed by atoms with Gasteiger partial charge in [-0.05, 0) is 47.9 Å². The average molecular weight is 337 g/mol. The Balaban J connectivity index is 3.41. The number of rotatable bonds is 14. The molecule has 0 aliphatic heterocycles. The van der Waals surface area contributed by atoms with E-state index in [0.29, 0.717) is 24.7 Å². The van der Waals surface area contributed by atoms with Gasteiger partial charge in [-0.15, -0.1) is 0 Å². The van der Waals surface area contributed by atoms with E-state index in [9.17, 15) is 9.59 Å². The molecular weight excluding hydrogens is 307 g/mol. The number of hydrogen-bond donors (Lipinski definition) is 0. The molecule has 0 aliphatic carbocycles. The van der Waals surface area contributed by atoms with Crippen molar-refractivity contribution in [1.29, 1.82) is 0 Å². The molecule has 0 aromatic heterocycles. The van der Waals surface area contributed by atoms with Gasteiger partial charge < -0.3 is 0 Å². The lowest BCUT2D eigenvalue weighted by Crippen LogP contribution is -2.11. The molecule has 21 heavy (non-hydrogen) atoms. The second-order valence-electron chi connectivity index (χ2n) is 6.29. The van der Waals surface area contributed by atoms with Crippen LogP contribution in [-0.4, -0.2) is 10.5 Å². The van der Waals surface area contributed by atoms with Crippen molar-refractivity contribution in [2.24, 2.45) is 11.8 Å². The van der Waals surface area contributed by atoms with E-state index >= 15 is 0 Å². The fourth-order valence-corrected chi connectivity index (χ4v) is 2.94. The summed E-state index contributed by atoms with van der Waals surface area (Å²) in [7, 11) is 0. The van der Waals surface area contributed by atoms with E-state index in [1.54, 1.807) is 0 Å². The van der Waals surface area contributed by atoms with Crippen molar-refractivity contribution < 1.29 is 9.59 Å². The van der Waals surface area contributed by atoms with Gasteiger partial charge in [0.15, 0.2) is 0 Å². The zero-order valence-corrected chi connectivity index (χ0v) is 15.0. The molecule has 1 atom stereocenters. The summed E-state index contributed by atoms with van der Waals surface area (Å²) < 4.78 is 0. The molecule has 0 saturated carbocycles. The number of carbonyl (C=O) groups is 2. The van der Waals surface area contributed by atoms with Crippen molar-refractivity contribution in [2.75, 3.05) is 0 Å². The maximum atomic E-state index is 11.0. The van der Waals surface area contributed by atoms with Gasteiger partial charge in [-0.2, -0.15) is 0 Å². The van der Waals surface area contributed by atoms with E-state index in [1.165, 1.54) is 38.5 Å². The third kappa shape index (κ3) is 14.6. The zero-order chi connectivity index (χ0) is 16.1. The Labute approximate surface area is 140 Å². The minimum Gasteiger partial charge on any atom is -0.281 e. The van der Waals surface area contributed by atoms with Crippen LogP contribution < -0.4 is 0 Å². The van der Waals surface area contributed by atoms with Crippen molar-refractivity contribution in [1.82, 2.24) is 0 Å². The quantitative estimate of drug-likeness (QED) is 0.284. The Morgan fingerprint density at radius 3 is 1.67 bits per heavy atom. The SMILES string of the molecule is CC(C)C(CCCCCCCCCCC(=O)Cl)CC(=O)Cl. The minimum atomic E-state index is -0.217. The molecule has 0 bridgehead atoms. The van der Waals surface area contributed by atoms with Crippen LogP contribution in [0.5, 0.6) is 0 Å². The molecule has 0 heterocycles. The standard InChI is InChI=1S/C17H30Cl2O2/c1-14(2)15(13-17(19)21)11-9-7-5-3-4-6-8-10-12-16(18)20/h14-15H,3-13H2,1-2H3. The first kappa shape index (κ1) is 20.9. The van der Waals surface area contributed by atoms with Crippen molar-refractivity contribution >= 4 is 33.7 Å². The van der Waals surface area contributed by atoms with Crippen molar-refractivity contribution in [3.05, 3.63) is 0 Å². The Kier molecular flexibility index (Phi) is 13.5. The van der Waals surface area contributed by atoms with Crippen LogP contribution in [0.2, 0.25) is 0 Å². The molecule has 2 nitrogen and oxygen atoms in total. The molecule has 0 amide bonds. The predicted molar refractivity (Wildman–Crippen MR) is 90.8 cm³/mol. The summed E-state index contributed by atoms with van der Waals surface area (Å²) in [5.41, 5.74) is 0. The Bertz CT molecular complexity index is 291. The molecule has 0 rings (SSSR count). The van der Waals surface area contributed by atoms with Crippen LogP contribution >= 0.6 is 23.2 Å². The highest BCUT2D eigenvalue weighted by atomic mass is 35.5. The molecule has 0 saturated heterocycles. The smallest absolute Gasteiger partial charge is 0.221 e. The maximum Gasteiger partial charge on any atom is 0.221 e. The second kappa shape index (κ2) is 13.6. The molecule has 124 valence electrons. The van der Waals surface area contributed by atoms with Crippen LogP contribution in [0, 0.1) is 11.8 Å². The van der Waals surface area contributed by atoms with E-state index in [2.05, 4.69) is 13.8 Å². The molecule has 1 unspecified atom stereocenters. The van der Waals surface area contributed by atoms with Gasteiger partial charge in [-0.25, -0.2) is 0 Å². The predicted octanol–water partition coefficient (Wildman–Crippen LogP) is 6.08. The van der Waals surface area contributed by atoms with Crippen molar-refractivity contribution in [3.63, 3.8) is 0 Å². The first-order chi connectivity index (χ1) is 9.93. The van der Waals surface area contributed by atoms with Gasteiger partial charge in [0.1, 0.15) is 0 Å². The van der Waals surface area contributed by atoms with Gasteiger partial charge in [0.05, 0.1) is 0 Å². The molecule has 0 aromatic carbocycles. The van der Waals surface area contributed by atoms with E-state index in [-0.39, 0.29) is 10.5 Å². The van der Waals surface area contributed by atoms with Gasteiger partial charge in [0.2, 0.25) is 10.5 Å². The molecule has 0 aromatic rings. The highest BCUT2D eigenvalue weighted by Gasteiger charge is 2.15. The van der Waals surface area contributed by atoms with Gasteiger partial charge in [0.25, 0.3) is 0 Å². The monoisotopic (exact) mass is 336 g/mol. The average Bonchev–Trinajstić information content (AvgIpc) is 2.38. The summed E-state index contributed by atoms with van der Waals surface area (Å²) in [6, 6.07) is 0. The third-order valence-corrected chi connectivity index (χ3v) is 4.41. The molecule has 0 spiro atoms.